The van der Waals surface area contributed by atoms with Crippen LogP contribution in [0.25, 0.3) is 0 Å². The molecule has 1 heterocycles. The lowest BCUT2D eigenvalue weighted by Crippen LogP contribution is -2.40. The Morgan fingerprint density at radius 1 is 1.35 bits per heavy atom. The zero-order valence-electron chi connectivity index (χ0n) is 12.4. The van der Waals surface area contributed by atoms with Crippen LogP contribution in [0.15, 0.2) is 18.2 Å². The SMILES string of the molecule is CC(=O)N1C[C@H](NC(=O)Cc2ccc(Cl)cc2Cl)C[C@@H]1C(=O)O. The molecule has 0 saturated carbocycles. The highest BCUT2D eigenvalue weighted by atomic mass is 35.5. The van der Waals surface area contributed by atoms with E-state index in [2.05, 4.69) is 5.32 Å². The molecule has 23 heavy (non-hydrogen) atoms. The van der Waals surface area contributed by atoms with Gasteiger partial charge in [0.05, 0.1) is 6.42 Å². The first-order valence-corrected chi connectivity index (χ1v) is 7.77. The predicted molar refractivity (Wildman–Crippen MR) is 85.5 cm³/mol. The number of hydrogen-bond acceptors (Lipinski definition) is 3. The summed E-state index contributed by atoms with van der Waals surface area (Å²) in [5.74, 6) is -1.68. The Bertz CT molecular complexity index is 628. The molecule has 1 aromatic rings. The number of aliphatic carboxylic acids is 1. The number of nitrogens with one attached hydrogen (secondary N) is 1. The topological polar surface area (TPSA) is 86.7 Å². The van der Waals surface area contributed by atoms with Crippen LogP contribution in [0.4, 0.5) is 0 Å². The van der Waals surface area contributed by atoms with Crippen molar-refractivity contribution < 1.29 is 19.5 Å². The molecular formula is C15H16Cl2N2O4. The second-order valence-electron chi connectivity index (χ2n) is 5.44. The second kappa shape index (κ2) is 7.19. The van der Waals surface area contributed by atoms with Gasteiger partial charge in [0.15, 0.2) is 0 Å². The van der Waals surface area contributed by atoms with E-state index in [0.717, 1.165) is 0 Å². The van der Waals surface area contributed by atoms with Crippen LogP contribution in [-0.2, 0) is 20.8 Å². The van der Waals surface area contributed by atoms with E-state index in [4.69, 9.17) is 28.3 Å². The number of rotatable bonds is 4. The van der Waals surface area contributed by atoms with Crippen LogP contribution >= 0.6 is 23.2 Å². The number of carboxylic acid groups (broad SMARTS) is 1. The number of benzene rings is 1. The van der Waals surface area contributed by atoms with E-state index >= 15 is 0 Å². The van der Waals surface area contributed by atoms with E-state index in [-0.39, 0.29) is 31.2 Å². The molecule has 1 fully saturated rings. The van der Waals surface area contributed by atoms with Gasteiger partial charge in [-0.1, -0.05) is 29.3 Å². The van der Waals surface area contributed by atoms with Crippen LogP contribution in [0.2, 0.25) is 10.0 Å². The number of carboxylic acids is 1. The van der Waals surface area contributed by atoms with Crippen molar-refractivity contribution in [1.82, 2.24) is 10.2 Å². The van der Waals surface area contributed by atoms with Crippen LogP contribution in [0.5, 0.6) is 0 Å². The summed E-state index contributed by atoms with van der Waals surface area (Å²) in [6.07, 6.45) is 0.249. The van der Waals surface area contributed by atoms with Crippen LogP contribution < -0.4 is 5.32 Å². The highest BCUT2D eigenvalue weighted by Crippen LogP contribution is 2.22. The van der Waals surface area contributed by atoms with Gasteiger partial charge < -0.3 is 15.3 Å². The van der Waals surface area contributed by atoms with E-state index in [1.165, 1.54) is 11.8 Å². The molecule has 1 aromatic carbocycles. The molecule has 6 nitrogen and oxygen atoms in total. The molecule has 1 saturated heterocycles. The van der Waals surface area contributed by atoms with Crippen LogP contribution in [0, 0.1) is 0 Å². The maximum atomic E-state index is 12.1. The minimum absolute atomic E-state index is 0.0598. The lowest BCUT2D eigenvalue weighted by molar-refractivity contribution is -0.147. The summed E-state index contributed by atoms with van der Waals surface area (Å²) in [6, 6.07) is 3.57. The highest BCUT2D eigenvalue weighted by Gasteiger charge is 2.38. The van der Waals surface area contributed by atoms with Crippen molar-refractivity contribution in [3.8, 4) is 0 Å². The highest BCUT2D eigenvalue weighted by molar-refractivity contribution is 6.35. The fourth-order valence-corrected chi connectivity index (χ4v) is 3.11. The molecule has 2 amide bonds. The van der Waals surface area contributed by atoms with Crippen molar-refractivity contribution >= 4 is 41.0 Å². The maximum absolute atomic E-state index is 12.1. The molecule has 1 aliphatic heterocycles. The first kappa shape index (κ1) is 17.6. The molecule has 2 N–H and O–H groups in total. The molecule has 0 spiro atoms. The van der Waals surface area contributed by atoms with E-state index in [1.54, 1.807) is 18.2 Å². The van der Waals surface area contributed by atoms with Crippen molar-refractivity contribution in [3.05, 3.63) is 33.8 Å². The van der Waals surface area contributed by atoms with Gasteiger partial charge in [-0.2, -0.15) is 0 Å². The van der Waals surface area contributed by atoms with Crippen molar-refractivity contribution in [1.29, 1.82) is 0 Å². The summed E-state index contributed by atoms with van der Waals surface area (Å²) in [6.45, 7) is 1.50. The Labute approximate surface area is 143 Å². The first-order valence-electron chi connectivity index (χ1n) is 7.01. The minimum atomic E-state index is -1.07. The van der Waals surface area contributed by atoms with Crippen molar-refractivity contribution in [2.24, 2.45) is 0 Å². The van der Waals surface area contributed by atoms with Gasteiger partial charge in [0, 0.05) is 36.0 Å². The molecule has 0 aliphatic carbocycles. The first-order chi connectivity index (χ1) is 10.8. The predicted octanol–water partition coefficient (Wildman–Crippen LogP) is 1.73. The summed E-state index contributed by atoms with van der Waals surface area (Å²) in [4.78, 5) is 36.0. The van der Waals surface area contributed by atoms with Crippen LogP contribution in [-0.4, -0.2) is 46.4 Å². The quantitative estimate of drug-likeness (QED) is 0.857. The molecule has 124 valence electrons. The third kappa shape index (κ3) is 4.36. The fraction of sp³-hybridized carbons (Fsp3) is 0.400. The fourth-order valence-electron chi connectivity index (χ4n) is 2.64. The van der Waals surface area contributed by atoms with Gasteiger partial charge >= 0.3 is 5.97 Å². The monoisotopic (exact) mass is 358 g/mol. The molecule has 0 aromatic heterocycles. The standard InChI is InChI=1S/C15H16Cl2N2O4/c1-8(20)19-7-11(6-13(19)15(22)23)18-14(21)4-9-2-3-10(16)5-12(9)17/h2-3,5,11,13H,4,6-7H2,1H3,(H,18,21)(H,22,23)/t11-,13-/m1/s1. The average molecular weight is 359 g/mol. The summed E-state index contributed by atoms with van der Waals surface area (Å²) in [5, 5.41) is 12.8. The Morgan fingerprint density at radius 2 is 2.04 bits per heavy atom. The Balaban J connectivity index is 1.98. The molecule has 8 heteroatoms. The largest absolute Gasteiger partial charge is 0.480 e. The van der Waals surface area contributed by atoms with Crippen molar-refractivity contribution in [3.63, 3.8) is 0 Å². The number of amides is 2. The zero-order valence-corrected chi connectivity index (χ0v) is 13.9. The van der Waals surface area contributed by atoms with E-state index in [0.29, 0.717) is 15.6 Å². The van der Waals surface area contributed by atoms with Gasteiger partial charge in [-0.15, -0.1) is 0 Å². The summed E-state index contributed by atoms with van der Waals surface area (Å²) >= 11 is 11.8. The molecular weight excluding hydrogens is 343 g/mol. The zero-order chi connectivity index (χ0) is 17.1. The van der Waals surface area contributed by atoms with E-state index < -0.39 is 18.1 Å². The maximum Gasteiger partial charge on any atom is 0.326 e. The number of hydrogen-bond donors (Lipinski definition) is 2. The Hall–Kier alpha value is -1.79. The number of nitrogens with zero attached hydrogens (tertiary/aromatic N) is 1. The Morgan fingerprint density at radius 3 is 2.57 bits per heavy atom. The lowest BCUT2D eigenvalue weighted by Gasteiger charge is -2.19. The van der Waals surface area contributed by atoms with Gasteiger partial charge in [-0.25, -0.2) is 4.79 Å². The number of halogens is 2. The van der Waals surface area contributed by atoms with Crippen LogP contribution in [0.3, 0.4) is 0 Å². The third-order valence-electron chi connectivity index (χ3n) is 3.72. The summed E-state index contributed by atoms with van der Waals surface area (Å²) in [7, 11) is 0. The van der Waals surface area contributed by atoms with Gasteiger partial charge in [-0.05, 0) is 17.7 Å². The van der Waals surface area contributed by atoms with Gasteiger partial charge in [-0.3, -0.25) is 9.59 Å². The molecule has 0 bridgehead atoms. The minimum Gasteiger partial charge on any atom is -0.480 e. The van der Waals surface area contributed by atoms with Crippen molar-refractivity contribution in [2.75, 3.05) is 6.54 Å². The van der Waals surface area contributed by atoms with Gasteiger partial charge in [0.25, 0.3) is 0 Å². The molecule has 0 unspecified atom stereocenters. The van der Waals surface area contributed by atoms with Crippen molar-refractivity contribution in [2.45, 2.75) is 31.8 Å². The normalized spacial score (nSPS) is 20.4. The number of carbonyl (C=O) groups is 3. The van der Waals surface area contributed by atoms with E-state index in [9.17, 15) is 14.4 Å². The lowest BCUT2D eigenvalue weighted by atomic mass is 10.1. The molecule has 2 atom stereocenters. The summed E-state index contributed by atoms with van der Waals surface area (Å²) in [5.41, 5.74) is 0.629. The van der Waals surface area contributed by atoms with Gasteiger partial charge in [0.1, 0.15) is 6.04 Å². The van der Waals surface area contributed by atoms with E-state index in [1.807, 2.05) is 0 Å². The molecule has 0 radical (unpaired) electrons. The number of carbonyl (C=O) groups excluding carboxylic acids is 2. The number of likely N-dealkylation sites (tertiary alicyclic amines) is 1. The molecule has 2 rings (SSSR count). The smallest absolute Gasteiger partial charge is 0.326 e. The van der Waals surface area contributed by atoms with Crippen LogP contribution in [0.1, 0.15) is 18.9 Å². The Kier molecular flexibility index (Phi) is 5.49. The third-order valence-corrected chi connectivity index (χ3v) is 4.31. The van der Waals surface area contributed by atoms with Gasteiger partial charge in [0.2, 0.25) is 11.8 Å². The average Bonchev–Trinajstić information content (AvgIpc) is 2.86. The second-order valence-corrected chi connectivity index (χ2v) is 6.28. The molecule has 1 aliphatic rings. The summed E-state index contributed by atoms with van der Waals surface area (Å²) < 4.78 is 0.